The van der Waals surface area contributed by atoms with E-state index < -0.39 is 11.9 Å². The molecule has 0 aromatic carbocycles. The van der Waals surface area contributed by atoms with Gasteiger partial charge in [-0.15, -0.1) is 0 Å². The summed E-state index contributed by atoms with van der Waals surface area (Å²) >= 11 is 0. The number of rotatable bonds is 3. The highest BCUT2D eigenvalue weighted by Crippen LogP contribution is 1.93. The Bertz CT molecular complexity index is 226. The van der Waals surface area contributed by atoms with Crippen LogP contribution in [0.3, 0.4) is 0 Å². The van der Waals surface area contributed by atoms with Crippen LogP contribution in [-0.2, 0) is 9.59 Å². The van der Waals surface area contributed by atoms with E-state index in [0.29, 0.717) is 6.42 Å². The molecule has 6 heteroatoms. The van der Waals surface area contributed by atoms with E-state index >= 15 is 0 Å². The molecule has 0 saturated heterocycles. The van der Waals surface area contributed by atoms with Gasteiger partial charge in [-0.05, 0) is 34.6 Å². The van der Waals surface area contributed by atoms with E-state index in [1.807, 2.05) is 28.2 Å². The van der Waals surface area contributed by atoms with Gasteiger partial charge in [0.15, 0.2) is 0 Å². The molecule has 0 aromatic rings. The molecule has 0 atom stereocenters. The summed E-state index contributed by atoms with van der Waals surface area (Å²) in [6, 6.07) is 0. The van der Waals surface area contributed by atoms with Crippen molar-refractivity contribution in [2.45, 2.75) is 13.3 Å². The van der Waals surface area contributed by atoms with E-state index in [2.05, 4.69) is 23.8 Å². The van der Waals surface area contributed by atoms with Gasteiger partial charge in [0.1, 0.15) is 0 Å². The molecule has 0 unspecified atom stereocenters. The largest absolute Gasteiger partial charge is 0.478 e. The molecule has 0 aromatic heterocycles. The summed E-state index contributed by atoms with van der Waals surface area (Å²) in [4.78, 5) is 19.1. The molecule has 0 rings (SSSR count). The minimum Gasteiger partial charge on any atom is -0.478 e. The maximum Gasteiger partial charge on any atom is 0.330 e. The highest BCUT2D eigenvalue weighted by Gasteiger charge is 1.96. The van der Waals surface area contributed by atoms with Crippen LogP contribution in [-0.4, -0.2) is 50.3 Å². The quantitative estimate of drug-likeness (QED) is 0.566. The van der Waals surface area contributed by atoms with Crippen molar-refractivity contribution in [1.29, 1.82) is 0 Å². The monoisotopic (exact) mass is 262 g/mol. The van der Waals surface area contributed by atoms with Crippen LogP contribution < -0.4 is 10.6 Å². The Labute approximate surface area is 109 Å². The summed E-state index contributed by atoms with van der Waals surface area (Å²) in [7, 11) is 7.50. The Balaban J connectivity index is -0.0000000784. The Kier molecular flexibility index (Phi) is 34.4. The van der Waals surface area contributed by atoms with Crippen molar-refractivity contribution in [3.05, 3.63) is 24.8 Å². The smallest absolute Gasteiger partial charge is 0.330 e. The Morgan fingerprint density at radius 3 is 1.33 bits per heavy atom. The van der Waals surface area contributed by atoms with Gasteiger partial charge in [0.2, 0.25) is 0 Å². The third-order valence-electron chi connectivity index (χ3n) is 0.904. The summed E-state index contributed by atoms with van der Waals surface area (Å²) in [5.74, 6) is -1.88. The first kappa shape index (κ1) is 25.3. The van der Waals surface area contributed by atoms with E-state index in [9.17, 15) is 9.59 Å². The van der Waals surface area contributed by atoms with Gasteiger partial charge < -0.3 is 20.8 Å². The fourth-order valence-corrected chi connectivity index (χ4v) is 0.151. The summed E-state index contributed by atoms with van der Waals surface area (Å²) in [6.07, 6.45) is 1.36. The molecule has 4 N–H and O–H groups in total. The zero-order chi connectivity index (χ0) is 15.6. The number of carbonyl (C=O) groups is 2. The van der Waals surface area contributed by atoms with Crippen molar-refractivity contribution in [3.8, 4) is 0 Å². The van der Waals surface area contributed by atoms with Gasteiger partial charge in [0, 0.05) is 11.6 Å². The molecule has 0 fully saturated rings. The lowest BCUT2D eigenvalue weighted by Gasteiger charge is -1.87. The molecule has 0 bridgehead atoms. The molecule has 6 nitrogen and oxygen atoms in total. The highest BCUT2D eigenvalue weighted by molar-refractivity contribution is 5.85. The normalized spacial score (nSPS) is 6.94. The highest BCUT2D eigenvalue weighted by atomic mass is 16.4. The fraction of sp³-hybridized carbons (Fsp3) is 0.500. The molecule has 0 saturated carbocycles. The van der Waals surface area contributed by atoms with Crippen molar-refractivity contribution in [2.24, 2.45) is 0 Å². The average Bonchev–Trinajstić information content (AvgIpc) is 2.30. The lowest BCUT2D eigenvalue weighted by molar-refractivity contribution is -0.133. The molecule has 0 aliphatic rings. The van der Waals surface area contributed by atoms with Crippen LogP contribution in [0.15, 0.2) is 24.8 Å². The van der Waals surface area contributed by atoms with Gasteiger partial charge in [-0.25, -0.2) is 9.59 Å². The standard InChI is InChI=1S/C5H8O2.C3H4O2.2C2H7N/c1-3-4(2)5(6)7;1-2-3(4)5;2*1-3-2/h2-3H2,1H3,(H,6,7);2H,1H2,(H,4,5);2*3H,1-2H3. The molecule has 0 spiro atoms. The van der Waals surface area contributed by atoms with Crippen LogP contribution in [0.2, 0.25) is 0 Å². The molecule has 18 heavy (non-hydrogen) atoms. The molecule has 0 radical (unpaired) electrons. The molecule has 0 aliphatic carbocycles. The van der Waals surface area contributed by atoms with Crippen molar-refractivity contribution in [2.75, 3.05) is 28.2 Å². The van der Waals surface area contributed by atoms with E-state index in [-0.39, 0.29) is 5.57 Å². The van der Waals surface area contributed by atoms with Gasteiger partial charge in [-0.2, -0.15) is 0 Å². The topological polar surface area (TPSA) is 98.7 Å². The predicted octanol–water partition coefficient (Wildman–Crippen LogP) is 0.965. The van der Waals surface area contributed by atoms with Crippen LogP contribution in [0.25, 0.3) is 0 Å². The molecule has 108 valence electrons. The predicted molar refractivity (Wildman–Crippen MR) is 74.9 cm³/mol. The second-order valence-corrected chi connectivity index (χ2v) is 2.80. The minimum atomic E-state index is -0.981. The molecular weight excluding hydrogens is 236 g/mol. The van der Waals surface area contributed by atoms with Crippen molar-refractivity contribution >= 4 is 11.9 Å². The van der Waals surface area contributed by atoms with Gasteiger partial charge in [0.05, 0.1) is 0 Å². The third kappa shape index (κ3) is 63.5. The maximum absolute atomic E-state index is 9.83. The van der Waals surface area contributed by atoms with E-state index in [4.69, 9.17) is 10.2 Å². The number of nitrogens with one attached hydrogen (secondary N) is 2. The lowest BCUT2D eigenvalue weighted by Crippen LogP contribution is -1.95. The molecule has 0 amide bonds. The van der Waals surface area contributed by atoms with E-state index in [1.165, 1.54) is 0 Å². The van der Waals surface area contributed by atoms with Crippen LogP contribution in [0.4, 0.5) is 0 Å². The number of hydrogen-bond acceptors (Lipinski definition) is 4. The molecule has 0 heterocycles. The third-order valence-corrected chi connectivity index (χ3v) is 0.904. The van der Waals surface area contributed by atoms with Crippen LogP contribution >= 0.6 is 0 Å². The number of carboxylic acids is 2. The lowest BCUT2D eigenvalue weighted by atomic mass is 10.2. The summed E-state index contributed by atoms with van der Waals surface area (Å²) < 4.78 is 0. The van der Waals surface area contributed by atoms with E-state index in [0.717, 1.165) is 6.08 Å². The molecule has 0 aliphatic heterocycles. The Morgan fingerprint density at radius 2 is 1.33 bits per heavy atom. The van der Waals surface area contributed by atoms with Crippen molar-refractivity contribution in [1.82, 2.24) is 10.6 Å². The average molecular weight is 262 g/mol. The zero-order valence-corrected chi connectivity index (χ0v) is 11.9. The van der Waals surface area contributed by atoms with Crippen LogP contribution in [0.5, 0.6) is 0 Å². The molecular formula is C12H26N2O4. The number of aliphatic carboxylic acids is 2. The summed E-state index contributed by atoms with van der Waals surface area (Å²) in [5, 5.41) is 21.2. The van der Waals surface area contributed by atoms with Gasteiger partial charge >= 0.3 is 11.9 Å². The van der Waals surface area contributed by atoms with Gasteiger partial charge in [0.25, 0.3) is 0 Å². The summed E-state index contributed by atoms with van der Waals surface area (Å²) in [6.45, 7) is 7.99. The second-order valence-electron chi connectivity index (χ2n) is 2.80. The maximum atomic E-state index is 9.83. The van der Waals surface area contributed by atoms with E-state index in [1.54, 1.807) is 6.92 Å². The second kappa shape index (κ2) is 24.5. The van der Waals surface area contributed by atoms with Gasteiger partial charge in [-0.1, -0.05) is 20.1 Å². The number of hydrogen-bond donors (Lipinski definition) is 4. The van der Waals surface area contributed by atoms with Crippen LogP contribution in [0, 0.1) is 0 Å². The SMILES string of the molecule is C=C(CC)C(=O)O.C=CC(=O)O.CNC.CNC. The first-order chi connectivity index (χ1) is 8.28. The zero-order valence-electron chi connectivity index (χ0n) is 11.9. The Hall–Kier alpha value is -1.66. The first-order valence-corrected chi connectivity index (χ1v) is 5.22. The van der Waals surface area contributed by atoms with Gasteiger partial charge in [-0.3, -0.25) is 0 Å². The van der Waals surface area contributed by atoms with Crippen LogP contribution in [0.1, 0.15) is 13.3 Å². The summed E-state index contributed by atoms with van der Waals surface area (Å²) in [5.41, 5.74) is 0.264. The number of carboxylic acid groups (broad SMARTS) is 2. The van der Waals surface area contributed by atoms with Crippen molar-refractivity contribution in [3.63, 3.8) is 0 Å². The van der Waals surface area contributed by atoms with Crippen molar-refractivity contribution < 1.29 is 19.8 Å². The first-order valence-electron chi connectivity index (χ1n) is 5.22. The Morgan fingerprint density at radius 1 is 1.11 bits per heavy atom. The minimum absolute atomic E-state index is 0.264. The fourth-order valence-electron chi connectivity index (χ4n) is 0.151.